The molecule has 0 radical (unpaired) electrons. The zero-order chi connectivity index (χ0) is 13.7. The number of nitro groups is 1. The quantitative estimate of drug-likeness (QED) is 0.347. The van der Waals surface area contributed by atoms with Crippen LogP contribution >= 0.6 is 0 Å². The van der Waals surface area contributed by atoms with E-state index in [1.165, 1.54) is 6.07 Å². The summed E-state index contributed by atoms with van der Waals surface area (Å²) in [6.45, 7) is 5.31. The molecule has 1 aromatic rings. The van der Waals surface area contributed by atoms with E-state index in [-0.39, 0.29) is 12.3 Å². The number of nitro benzene ring substituents is 1. The Hall–Kier alpha value is -2.35. The van der Waals surface area contributed by atoms with E-state index in [0.717, 1.165) is 0 Å². The van der Waals surface area contributed by atoms with Gasteiger partial charge in [-0.3, -0.25) is 10.1 Å². The van der Waals surface area contributed by atoms with E-state index >= 15 is 0 Å². The van der Waals surface area contributed by atoms with E-state index < -0.39 is 10.9 Å². The van der Waals surface area contributed by atoms with Gasteiger partial charge in [-0.15, -0.1) is 0 Å². The maximum atomic E-state index is 11.1. The number of hydrogen-bond donors (Lipinski definition) is 0. The average molecular weight is 247 g/mol. The topological polar surface area (TPSA) is 69.4 Å². The Labute approximate surface area is 105 Å². The van der Waals surface area contributed by atoms with Crippen molar-refractivity contribution in [3.8, 4) is 11.8 Å². The smallest absolute Gasteiger partial charge is 0.384 e. The highest BCUT2D eigenvalue weighted by Gasteiger charge is 2.12. The van der Waals surface area contributed by atoms with Crippen LogP contribution in [0.4, 0.5) is 5.69 Å². The second kappa shape index (κ2) is 5.82. The van der Waals surface area contributed by atoms with Crippen LogP contribution in [0, 0.1) is 35.8 Å². The molecule has 0 bridgehead atoms. The molecule has 0 saturated carbocycles. The molecule has 1 aromatic carbocycles. The van der Waals surface area contributed by atoms with Gasteiger partial charge in [0.25, 0.3) is 5.69 Å². The third-order valence-electron chi connectivity index (χ3n) is 2.31. The fraction of sp³-hybridized carbons (Fsp3) is 0.308. The molecule has 0 aliphatic rings. The van der Waals surface area contributed by atoms with Crippen LogP contribution in [0.25, 0.3) is 0 Å². The van der Waals surface area contributed by atoms with Crippen LogP contribution in [-0.2, 0) is 9.53 Å². The molecule has 0 aliphatic heterocycles. The van der Waals surface area contributed by atoms with E-state index in [0.29, 0.717) is 16.7 Å². The summed E-state index contributed by atoms with van der Waals surface area (Å²) in [5.74, 6) is 4.39. The fourth-order valence-electron chi connectivity index (χ4n) is 1.42. The number of ether oxygens (including phenoxy) is 1. The predicted octanol–water partition coefficient (Wildman–Crippen LogP) is 2.13. The minimum absolute atomic E-state index is 0.0502. The molecule has 0 spiro atoms. The number of benzene rings is 1. The number of hydrogen-bond acceptors (Lipinski definition) is 4. The zero-order valence-corrected chi connectivity index (χ0v) is 10.4. The van der Waals surface area contributed by atoms with Gasteiger partial charge in [0.05, 0.1) is 11.5 Å². The highest BCUT2D eigenvalue weighted by Crippen LogP contribution is 2.21. The van der Waals surface area contributed by atoms with Crippen molar-refractivity contribution in [2.45, 2.75) is 20.8 Å². The molecule has 18 heavy (non-hydrogen) atoms. The van der Waals surface area contributed by atoms with Crippen LogP contribution in [0.3, 0.4) is 0 Å². The van der Waals surface area contributed by atoms with Gasteiger partial charge in [0.15, 0.2) is 0 Å². The van der Waals surface area contributed by atoms with Crippen LogP contribution < -0.4 is 0 Å². The molecule has 0 saturated heterocycles. The first-order valence-electron chi connectivity index (χ1n) is 5.40. The molecule has 0 N–H and O–H groups in total. The monoisotopic (exact) mass is 247 g/mol. The van der Waals surface area contributed by atoms with E-state index in [9.17, 15) is 14.9 Å². The maximum Gasteiger partial charge on any atom is 0.384 e. The predicted molar refractivity (Wildman–Crippen MR) is 66.1 cm³/mol. The van der Waals surface area contributed by atoms with Gasteiger partial charge in [0.2, 0.25) is 0 Å². The summed E-state index contributed by atoms with van der Waals surface area (Å²) in [7, 11) is 0. The Bertz CT molecular complexity index is 552. The van der Waals surface area contributed by atoms with Gasteiger partial charge in [-0.05, 0) is 32.4 Å². The SMILES string of the molecule is CCOC(=O)C#Cc1cc(C)c([N+](=O)[O-])cc1C. The molecule has 5 nitrogen and oxygen atoms in total. The molecule has 94 valence electrons. The van der Waals surface area contributed by atoms with Crippen molar-refractivity contribution >= 4 is 11.7 Å². The standard InChI is InChI=1S/C13H13NO4/c1-4-18-13(15)6-5-11-7-10(3)12(14(16)17)8-9(11)2/h7-8H,4H2,1-3H3. The second-order valence-electron chi connectivity index (χ2n) is 3.68. The number of nitrogens with zero attached hydrogens (tertiary/aromatic N) is 1. The van der Waals surface area contributed by atoms with E-state index in [1.54, 1.807) is 26.8 Å². The number of carbonyl (C=O) groups excluding carboxylic acids is 1. The zero-order valence-electron chi connectivity index (χ0n) is 10.4. The van der Waals surface area contributed by atoms with Gasteiger partial charge in [-0.2, -0.15) is 0 Å². The molecule has 0 amide bonds. The number of aryl methyl sites for hydroxylation is 2. The van der Waals surface area contributed by atoms with Crippen LogP contribution in [0.15, 0.2) is 12.1 Å². The Kier molecular flexibility index (Phi) is 4.44. The summed E-state index contributed by atoms with van der Waals surface area (Å²) < 4.78 is 4.67. The van der Waals surface area contributed by atoms with Crippen molar-refractivity contribution in [3.05, 3.63) is 38.9 Å². The van der Waals surface area contributed by atoms with Crippen LogP contribution in [0.5, 0.6) is 0 Å². The van der Waals surface area contributed by atoms with E-state index in [4.69, 9.17) is 0 Å². The molecule has 0 unspecified atom stereocenters. The maximum absolute atomic E-state index is 11.1. The third-order valence-corrected chi connectivity index (χ3v) is 2.31. The van der Waals surface area contributed by atoms with Crippen LogP contribution in [-0.4, -0.2) is 17.5 Å². The summed E-state index contributed by atoms with van der Waals surface area (Å²) in [6.07, 6.45) is 0. The van der Waals surface area contributed by atoms with Crippen molar-refractivity contribution < 1.29 is 14.5 Å². The lowest BCUT2D eigenvalue weighted by Crippen LogP contribution is -2.00. The van der Waals surface area contributed by atoms with E-state index in [1.807, 2.05) is 0 Å². The first-order valence-corrected chi connectivity index (χ1v) is 5.40. The highest BCUT2D eigenvalue weighted by atomic mass is 16.6. The minimum Gasteiger partial charge on any atom is -0.456 e. The van der Waals surface area contributed by atoms with Gasteiger partial charge in [0, 0.05) is 23.1 Å². The highest BCUT2D eigenvalue weighted by molar-refractivity contribution is 5.89. The molecule has 0 aliphatic carbocycles. The molecular formula is C13H13NO4. The summed E-state index contributed by atoms with van der Waals surface area (Å²) in [5, 5.41) is 10.7. The van der Waals surface area contributed by atoms with Gasteiger partial charge in [-0.25, -0.2) is 4.79 Å². The average Bonchev–Trinajstić information content (AvgIpc) is 2.29. The molecule has 0 heterocycles. The summed E-state index contributed by atoms with van der Waals surface area (Å²) >= 11 is 0. The summed E-state index contributed by atoms with van der Waals surface area (Å²) in [6, 6.07) is 3.05. The van der Waals surface area contributed by atoms with Gasteiger partial charge >= 0.3 is 5.97 Å². The van der Waals surface area contributed by atoms with Crippen LogP contribution in [0.1, 0.15) is 23.6 Å². The molecule has 0 atom stereocenters. The van der Waals surface area contributed by atoms with Gasteiger partial charge in [0.1, 0.15) is 0 Å². The van der Waals surface area contributed by atoms with Crippen LogP contribution in [0.2, 0.25) is 0 Å². The first kappa shape index (κ1) is 13.7. The number of carbonyl (C=O) groups is 1. The van der Waals surface area contributed by atoms with Crippen molar-refractivity contribution in [2.24, 2.45) is 0 Å². The lowest BCUT2D eigenvalue weighted by Gasteiger charge is -2.01. The lowest BCUT2D eigenvalue weighted by atomic mass is 10.0. The van der Waals surface area contributed by atoms with Crippen molar-refractivity contribution in [3.63, 3.8) is 0 Å². The normalized spacial score (nSPS) is 9.28. The molecule has 1 rings (SSSR count). The summed E-state index contributed by atoms with van der Waals surface area (Å²) in [5.41, 5.74) is 1.81. The minimum atomic E-state index is -0.604. The fourth-order valence-corrected chi connectivity index (χ4v) is 1.42. The Morgan fingerprint density at radius 2 is 2.06 bits per heavy atom. The Morgan fingerprint density at radius 3 is 2.61 bits per heavy atom. The van der Waals surface area contributed by atoms with E-state index in [2.05, 4.69) is 16.6 Å². The molecule has 5 heteroatoms. The third kappa shape index (κ3) is 3.32. The molecule has 0 fully saturated rings. The first-order chi connectivity index (χ1) is 8.45. The Morgan fingerprint density at radius 1 is 1.39 bits per heavy atom. The molecular weight excluding hydrogens is 234 g/mol. The van der Waals surface area contributed by atoms with Crippen molar-refractivity contribution in [2.75, 3.05) is 6.61 Å². The molecule has 0 aromatic heterocycles. The lowest BCUT2D eigenvalue weighted by molar-refractivity contribution is -0.385. The van der Waals surface area contributed by atoms with Crippen molar-refractivity contribution in [1.29, 1.82) is 0 Å². The van der Waals surface area contributed by atoms with Crippen molar-refractivity contribution in [1.82, 2.24) is 0 Å². The van der Waals surface area contributed by atoms with Gasteiger partial charge in [-0.1, -0.05) is 5.92 Å². The Balaban J connectivity index is 3.09. The second-order valence-corrected chi connectivity index (χ2v) is 3.68. The van der Waals surface area contributed by atoms with Gasteiger partial charge < -0.3 is 4.74 Å². The summed E-state index contributed by atoms with van der Waals surface area (Å²) in [4.78, 5) is 21.4. The largest absolute Gasteiger partial charge is 0.456 e. The number of rotatable bonds is 2. The number of esters is 1.